The molecule has 172 valence electrons. The van der Waals surface area contributed by atoms with E-state index >= 15 is 0 Å². The third-order valence-corrected chi connectivity index (χ3v) is 7.17. The topological polar surface area (TPSA) is 64.1 Å². The van der Waals surface area contributed by atoms with Gasteiger partial charge in [0, 0.05) is 21.9 Å². The first-order chi connectivity index (χ1) is 16.5. The van der Waals surface area contributed by atoms with Gasteiger partial charge in [-0.05, 0) is 42.8 Å². The number of nitrogens with one attached hydrogen (secondary N) is 1. The number of halogens is 1. The van der Waals surface area contributed by atoms with E-state index in [1.807, 2.05) is 67.6 Å². The number of hydrogen-bond donors (Lipinski definition) is 1. The lowest BCUT2D eigenvalue weighted by atomic mass is 10.2. The van der Waals surface area contributed by atoms with Gasteiger partial charge < -0.3 is 10.1 Å². The van der Waals surface area contributed by atoms with Crippen LogP contribution in [0.5, 0.6) is 5.75 Å². The van der Waals surface area contributed by atoms with Gasteiger partial charge in [0.2, 0.25) is 0 Å². The number of carbonyl (C=O) groups excluding carboxylic acids is 1. The van der Waals surface area contributed by atoms with Crippen molar-refractivity contribution in [3.8, 4) is 5.75 Å². The smallest absolute Gasteiger partial charge is 0.275 e. The van der Waals surface area contributed by atoms with Crippen LogP contribution in [0.15, 0.2) is 93.9 Å². The third kappa shape index (κ3) is 6.11. The molecule has 0 aliphatic carbocycles. The molecule has 4 rings (SSSR count). The monoisotopic (exact) mass is 507 g/mol. The summed E-state index contributed by atoms with van der Waals surface area (Å²) in [4.78, 5) is 24.1. The fourth-order valence-corrected chi connectivity index (χ4v) is 5.05. The van der Waals surface area contributed by atoms with Gasteiger partial charge in [-0.15, -0.1) is 0 Å². The Kier molecular flexibility index (Phi) is 8.11. The number of aryl methyl sites for hydroxylation is 1. The van der Waals surface area contributed by atoms with Crippen LogP contribution in [0.3, 0.4) is 0 Å². The van der Waals surface area contributed by atoms with Crippen LogP contribution in [0.1, 0.15) is 21.6 Å². The van der Waals surface area contributed by atoms with Gasteiger partial charge >= 0.3 is 0 Å². The van der Waals surface area contributed by atoms with Crippen LogP contribution in [0.2, 0.25) is 5.02 Å². The highest BCUT2D eigenvalue weighted by Gasteiger charge is 2.19. The number of rotatable bonds is 8. The molecule has 0 saturated heterocycles. The Morgan fingerprint density at radius 3 is 2.53 bits per heavy atom. The van der Waals surface area contributed by atoms with Crippen LogP contribution in [-0.2, 0) is 5.75 Å². The molecule has 3 aromatic carbocycles. The van der Waals surface area contributed by atoms with E-state index in [9.17, 15) is 4.79 Å². The summed E-state index contributed by atoms with van der Waals surface area (Å²) in [5.74, 6) is 0.838. The zero-order chi connectivity index (χ0) is 23.9. The van der Waals surface area contributed by atoms with Crippen molar-refractivity contribution in [1.29, 1.82) is 0 Å². The molecule has 0 spiro atoms. The molecule has 1 amide bonds. The normalized spacial score (nSPS) is 10.7. The number of aromatic nitrogens is 2. The molecular weight excluding hydrogens is 486 g/mol. The number of carbonyl (C=O) groups is 1. The molecule has 0 radical (unpaired) electrons. The van der Waals surface area contributed by atoms with Crippen LogP contribution in [0, 0.1) is 6.92 Å². The lowest BCUT2D eigenvalue weighted by molar-refractivity contribution is 0.101. The van der Waals surface area contributed by atoms with Crippen molar-refractivity contribution in [2.24, 2.45) is 0 Å². The summed E-state index contributed by atoms with van der Waals surface area (Å²) in [6, 6.07) is 23.0. The molecule has 34 heavy (non-hydrogen) atoms. The summed E-state index contributed by atoms with van der Waals surface area (Å²) >= 11 is 9.16. The molecule has 0 saturated carbocycles. The van der Waals surface area contributed by atoms with Gasteiger partial charge in [-0.1, -0.05) is 83.2 Å². The molecule has 1 heterocycles. The highest BCUT2D eigenvalue weighted by Crippen LogP contribution is 2.33. The highest BCUT2D eigenvalue weighted by atomic mass is 35.5. The maximum absolute atomic E-state index is 13.3. The SMILES string of the molecule is COc1ccccc1NC(=O)c1nc(SCc2ccccc2Cl)ncc1Sc1ccc(C)cc1. The van der Waals surface area contributed by atoms with E-state index in [-0.39, 0.29) is 5.91 Å². The minimum absolute atomic E-state index is 0.299. The maximum atomic E-state index is 13.3. The molecule has 5 nitrogen and oxygen atoms in total. The molecular formula is C26H22ClN3O2S2. The Morgan fingerprint density at radius 2 is 1.76 bits per heavy atom. The minimum atomic E-state index is -0.332. The van der Waals surface area contributed by atoms with Crippen molar-refractivity contribution < 1.29 is 9.53 Å². The van der Waals surface area contributed by atoms with Gasteiger partial charge in [0.1, 0.15) is 11.4 Å². The number of nitrogens with zero attached hydrogens (tertiary/aromatic N) is 2. The largest absolute Gasteiger partial charge is 0.495 e. The van der Waals surface area contributed by atoms with Crippen LogP contribution in [0.25, 0.3) is 0 Å². The van der Waals surface area contributed by atoms with Crippen molar-refractivity contribution in [2.45, 2.75) is 27.6 Å². The van der Waals surface area contributed by atoms with Gasteiger partial charge in [0.15, 0.2) is 5.16 Å². The molecule has 0 fully saturated rings. The second-order valence-corrected chi connectivity index (χ2v) is 9.78. The molecule has 0 bridgehead atoms. The van der Waals surface area contributed by atoms with Gasteiger partial charge in [-0.2, -0.15) is 0 Å². The van der Waals surface area contributed by atoms with Crippen LogP contribution >= 0.6 is 35.1 Å². The maximum Gasteiger partial charge on any atom is 0.275 e. The summed E-state index contributed by atoms with van der Waals surface area (Å²) < 4.78 is 5.37. The number of benzene rings is 3. The summed E-state index contributed by atoms with van der Waals surface area (Å²) in [7, 11) is 1.57. The molecule has 4 aromatic rings. The zero-order valence-corrected chi connectivity index (χ0v) is 21.0. The van der Waals surface area contributed by atoms with Crippen molar-refractivity contribution in [3.63, 3.8) is 0 Å². The van der Waals surface area contributed by atoms with Crippen LogP contribution in [-0.4, -0.2) is 23.0 Å². The van der Waals surface area contributed by atoms with Crippen LogP contribution < -0.4 is 10.1 Å². The Morgan fingerprint density at radius 1 is 1.03 bits per heavy atom. The van der Waals surface area contributed by atoms with Gasteiger partial charge in [-0.3, -0.25) is 4.79 Å². The zero-order valence-electron chi connectivity index (χ0n) is 18.6. The fourth-order valence-electron chi connectivity index (χ4n) is 3.08. The molecule has 0 unspecified atom stereocenters. The number of hydrogen-bond acceptors (Lipinski definition) is 6. The number of amides is 1. The Bertz CT molecular complexity index is 1300. The first-order valence-corrected chi connectivity index (χ1v) is 12.6. The Hall–Kier alpha value is -3.00. The van der Waals surface area contributed by atoms with E-state index in [0.717, 1.165) is 10.5 Å². The fraction of sp³-hybridized carbons (Fsp3) is 0.115. The second-order valence-electron chi connectivity index (χ2n) is 7.32. The number of para-hydroxylation sites is 2. The van der Waals surface area contributed by atoms with Gasteiger partial charge in [0.05, 0.1) is 17.7 Å². The van der Waals surface area contributed by atoms with Crippen molar-refractivity contribution in [1.82, 2.24) is 9.97 Å². The first-order valence-electron chi connectivity index (χ1n) is 10.5. The van der Waals surface area contributed by atoms with Crippen molar-refractivity contribution in [3.05, 3.63) is 101 Å². The molecule has 1 aromatic heterocycles. The van der Waals surface area contributed by atoms with E-state index in [1.54, 1.807) is 25.4 Å². The number of anilines is 1. The predicted octanol–water partition coefficient (Wildman–Crippen LogP) is 7.14. The number of ether oxygens (including phenoxy) is 1. The average Bonchev–Trinajstić information content (AvgIpc) is 2.86. The standard InChI is InChI=1S/C26H22ClN3O2S2/c1-17-11-13-19(14-12-17)34-23-15-28-26(33-16-18-7-3-4-8-20(18)27)30-24(23)25(31)29-21-9-5-6-10-22(21)32-2/h3-15H,16H2,1-2H3,(H,29,31). The lowest BCUT2D eigenvalue weighted by Crippen LogP contribution is -2.16. The Labute approximate surface area is 212 Å². The number of thioether (sulfide) groups is 1. The molecule has 0 atom stereocenters. The summed E-state index contributed by atoms with van der Waals surface area (Å²) in [5, 5.41) is 4.11. The van der Waals surface area contributed by atoms with Gasteiger partial charge in [0.25, 0.3) is 5.91 Å². The predicted molar refractivity (Wildman–Crippen MR) is 139 cm³/mol. The molecule has 1 N–H and O–H groups in total. The second kappa shape index (κ2) is 11.4. The molecule has 0 aliphatic rings. The van der Waals surface area contributed by atoms with Crippen LogP contribution in [0.4, 0.5) is 5.69 Å². The van der Waals surface area contributed by atoms with Crippen molar-refractivity contribution >= 4 is 46.7 Å². The summed E-state index contributed by atoms with van der Waals surface area (Å²) in [5.41, 5.74) is 3.02. The lowest BCUT2D eigenvalue weighted by Gasteiger charge is -2.13. The van der Waals surface area contributed by atoms with E-state index in [2.05, 4.69) is 15.3 Å². The summed E-state index contributed by atoms with van der Waals surface area (Å²) in [6.07, 6.45) is 1.70. The highest BCUT2D eigenvalue weighted by molar-refractivity contribution is 7.99. The van der Waals surface area contributed by atoms with E-state index in [0.29, 0.717) is 38.0 Å². The minimum Gasteiger partial charge on any atom is -0.495 e. The van der Waals surface area contributed by atoms with Crippen molar-refractivity contribution in [2.75, 3.05) is 12.4 Å². The quantitative estimate of drug-likeness (QED) is 0.202. The van der Waals surface area contributed by atoms with E-state index in [1.165, 1.54) is 29.1 Å². The van der Waals surface area contributed by atoms with Gasteiger partial charge in [-0.25, -0.2) is 9.97 Å². The molecule has 8 heteroatoms. The van der Waals surface area contributed by atoms with E-state index < -0.39 is 0 Å². The Balaban J connectivity index is 1.63. The summed E-state index contributed by atoms with van der Waals surface area (Å²) in [6.45, 7) is 2.04. The van der Waals surface area contributed by atoms with E-state index in [4.69, 9.17) is 16.3 Å². The third-order valence-electron chi connectivity index (χ3n) is 4.87. The number of methoxy groups -OCH3 is 1. The average molecular weight is 508 g/mol. The molecule has 0 aliphatic heterocycles. The first kappa shape index (κ1) is 24.1.